The van der Waals surface area contributed by atoms with Crippen molar-refractivity contribution >= 4 is 30.8 Å². The fourth-order valence-corrected chi connectivity index (χ4v) is 1.84. The molecule has 0 aliphatic carbocycles. The Hall–Kier alpha value is -0.980. The number of hydrogen-bond donors (Lipinski definition) is 1. The normalized spacial score (nSPS) is 15.2. The molecule has 2 heterocycles. The Balaban J connectivity index is 0.00000162. The van der Waals surface area contributed by atoms with Gasteiger partial charge < -0.3 is 20.1 Å². The summed E-state index contributed by atoms with van der Waals surface area (Å²) in [7, 11) is 3.16. The molecular weight excluding hydrogens is 291 g/mol. The summed E-state index contributed by atoms with van der Waals surface area (Å²) in [4.78, 5) is 10.7. The lowest BCUT2D eigenvalue weighted by molar-refractivity contribution is 0.370. The average molecular weight is 311 g/mol. The van der Waals surface area contributed by atoms with Gasteiger partial charge in [0, 0.05) is 19.1 Å². The van der Waals surface area contributed by atoms with Crippen LogP contribution in [0.2, 0.25) is 0 Å². The molecule has 1 saturated heterocycles. The number of ether oxygens (including phenoxy) is 2. The van der Waals surface area contributed by atoms with Crippen LogP contribution in [0, 0.1) is 0 Å². The molecule has 0 bridgehead atoms. The molecule has 1 aromatic heterocycles. The number of aromatic nitrogens is 2. The van der Waals surface area contributed by atoms with Crippen molar-refractivity contribution in [2.75, 3.05) is 32.2 Å². The van der Waals surface area contributed by atoms with Gasteiger partial charge in [-0.1, -0.05) is 0 Å². The summed E-state index contributed by atoms with van der Waals surface area (Å²) in [6, 6.07) is 1.96. The molecule has 2 N–H and O–H groups in total. The van der Waals surface area contributed by atoms with Crippen molar-refractivity contribution in [3.8, 4) is 11.8 Å². The molecule has 8 heteroatoms. The van der Waals surface area contributed by atoms with Crippen LogP contribution in [0.4, 0.5) is 5.95 Å². The van der Waals surface area contributed by atoms with E-state index in [1.54, 1.807) is 20.3 Å². The lowest BCUT2D eigenvalue weighted by Gasteiger charge is -2.30. The van der Waals surface area contributed by atoms with Gasteiger partial charge in [-0.3, -0.25) is 0 Å². The van der Waals surface area contributed by atoms with Gasteiger partial charge in [0.05, 0.1) is 20.3 Å². The van der Waals surface area contributed by atoms with Crippen molar-refractivity contribution in [1.29, 1.82) is 0 Å². The van der Waals surface area contributed by atoms with Crippen molar-refractivity contribution in [3.05, 3.63) is 6.07 Å². The van der Waals surface area contributed by atoms with Crippen LogP contribution in [0.1, 0.15) is 12.8 Å². The van der Waals surface area contributed by atoms with Gasteiger partial charge in [0.15, 0.2) is 0 Å². The first-order valence-electron chi connectivity index (χ1n) is 5.70. The van der Waals surface area contributed by atoms with Crippen molar-refractivity contribution in [2.24, 2.45) is 5.73 Å². The number of rotatable bonds is 3. The van der Waals surface area contributed by atoms with Crippen molar-refractivity contribution in [2.45, 2.75) is 18.9 Å². The number of anilines is 1. The molecule has 1 aromatic rings. The maximum absolute atomic E-state index is 5.87. The number of nitrogens with zero attached hydrogens (tertiary/aromatic N) is 3. The maximum Gasteiger partial charge on any atom is 0.231 e. The highest BCUT2D eigenvalue weighted by molar-refractivity contribution is 5.85. The molecule has 0 unspecified atom stereocenters. The van der Waals surface area contributed by atoms with Crippen LogP contribution >= 0.6 is 24.8 Å². The molecule has 0 saturated carbocycles. The Morgan fingerprint density at radius 3 is 2.00 bits per heavy atom. The topological polar surface area (TPSA) is 73.5 Å². The van der Waals surface area contributed by atoms with E-state index in [9.17, 15) is 0 Å². The van der Waals surface area contributed by atoms with Crippen LogP contribution in [0.25, 0.3) is 0 Å². The molecule has 1 aliphatic heterocycles. The summed E-state index contributed by atoms with van der Waals surface area (Å²) in [5.74, 6) is 1.68. The third-order valence-electron chi connectivity index (χ3n) is 2.91. The number of halogens is 2. The summed E-state index contributed by atoms with van der Waals surface area (Å²) in [6.07, 6.45) is 1.92. The van der Waals surface area contributed by atoms with Gasteiger partial charge in [-0.15, -0.1) is 24.8 Å². The van der Waals surface area contributed by atoms with E-state index in [4.69, 9.17) is 15.2 Å². The van der Waals surface area contributed by atoms with Gasteiger partial charge in [-0.05, 0) is 12.8 Å². The predicted octanol–water partition coefficient (Wildman–Crippen LogP) is 1.26. The molecule has 0 aromatic carbocycles. The second-order valence-corrected chi connectivity index (χ2v) is 4.08. The monoisotopic (exact) mass is 310 g/mol. The molecule has 110 valence electrons. The minimum Gasteiger partial charge on any atom is -0.481 e. The van der Waals surface area contributed by atoms with Crippen LogP contribution < -0.4 is 20.1 Å². The highest BCUT2D eigenvalue weighted by atomic mass is 35.5. The number of nitrogens with two attached hydrogens (primary N) is 1. The van der Waals surface area contributed by atoms with E-state index < -0.39 is 0 Å². The number of piperidine rings is 1. The molecule has 0 amide bonds. The van der Waals surface area contributed by atoms with Crippen LogP contribution in [0.15, 0.2) is 6.07 Å². The van der Waals surface area contributed by atoms with E-state index in [2.05, 4.69) is 14.9 Å². The zero-order chi connectivity index (χ0) is 12.3. The van der Waals surface area contributed by atoms with Crippen molar-refractivity contribution < 1.29 is 9.47 Å². The zero-order valence-corrected chi connectivity index (χ0v) is 12.7. The Morgan fingerprint density at radius 1 is 1.11 bits per heavy atom. The standard InChI is InChI=1S/C11H18N4O2.2ClH/c1-16-9-7-10(17-2)14-11(13-9)15-5-3-8(12)4-6-15;;/h7-8H,3-6,12H2,1-2H3;2*1H. The zero-order valence-electron chi connectivity index (χ0n) is 11.0. The summed E-state index contributed by atoms with van der Waals surface area (Å²) in [6.45, 7) is 1.75. The summed E-state index contributed by atoms with van der Waals surface area (Å²) in [5.41, 5.74) is 5.87. The number of methoxy groups -OCH3 is 2. The first-order chi connectivity index (χ1) is 8.22. The lowest BCUT2D eigenvalue weighted by Crippen LogP contribution is -2.40. The van der Waals surface area contributed by atoms with E-state index in [1.165, 1.54) is 0 Å². The third-order valence-corrected chi connectivity index (χ3v) is 2.91. The fourth-order valence-electron chi connectivity index (χ4n) is 1.84. The van der Waals surface area contributed by atoms with Crippen LogP contribution in [0.5, 0.6) is 11.8 Å². The SMILES string of the molecule is COc1cc(OC)nc(N2CCC(N)CC2)n1.Cl.Cl. The second-order valence-electron chi connectivity index (χ2n) is 4.08. The summed E-state index contributed by atoms with van der Waals surface area (Å²) >= 11 is 0. The Bertz CT molecular complexity index is 365. The third kappa shape index (κ3) is 4.56. The molecule has 1 fully saturated rings. The molecule has 19 heavy (non-hydrogen) atoms. The maximum atomic E-state index is 5.87. The Kier molecular flexibility index (Phi) is 7.82. The molecule has 1 aliphatic rings. The first-order valence-corrected chi connectivity index (χ1v) is 5.70. The average Bonchev–Trinajstić information content (AvgIpc) is 2.39. The molecular formula is C11H20Cl2N4O2. The van der Waals surface area contributed by atoms with E-state index in [1.807, 2.05) is 0 Å². The van der Waals surface area contributed by atoms with Gasteiger partial charge >= 0.3 is 0 Å². The van der Waals surface area contributed by atoms with E-state index in [0.717, 1.165) is 25.9 Å². The predicted molar refractivity (Wildman–Crippen MR) is 79.1 cm³/mol. The summed E-state index contributed by atoms with van der Waals surface area (Å²) < 4.78 is 10.3. The molecule has 2 rings (SSSR count). The quantitative estimate of drug-likeness (QED) is 0.906. The van der Waals surface area contributed by atoms with Crippen LogP contribution in [-0.4, -0.2) is 43.3 Å². The van der Waals surface area contributed by atoms with Gasteiger partial charge in [0.25, 0.3) is 0 Å². The van der Waals surface area contributed by atoms with Crippen molar-refractivity contribution in [1.82, 2.24) is 9.97 Å². The smallest absolute Gasteiger partial charge is 0.231 e. The Labute approximate surface area is 125 Å². The first kappa shape index (κ1) is 18.0. The lowest BCUT2D eigenvalue weighted by atomic mass is 10.1. The largest absolute Gasteiger partial charge is 0.481 e. The second kappa shape index (κ2) is 8.24. The van der Waals surface area contributed by atoms with E-state index in [-0.39, 0.29) is 24.8 Å². The van der Waals surface area contributed by atoms with Gasteiger partial charge in [0.1, 0.15) is 0 Å². The molecule has 0 spiro atoms. The van der Waals surface area contributed by atoms with Crippen LogP contribution in [0.3, 0.4) is 0 Å². The van der Waals surface area contributed by atoms with E-state index >= 15 is 0 Å². The van der Waals surface area contributed by atoms with Crippen LogP contribution in [-0.2, 0) is 0 Å². The van der Waals surface area contributed by atoms with Gasteiger partial charge in [-0.25, -0.2) is 0 Å². The van der Waals surface area contributed by atoms with Gasteiger partial charge in [0.2, 0.25) is 17.7 Å². The summed E-state index contributed by atoms with van der Waals surface area (Å²) in [5, 5.41) is 0. The van der Waals surface area contributed by atoms with Gasteiger partial charge in [-0.2, -0.15) is 9.97 Å². The minimum atomic E-state index is 0. The van der Waals surface area contributed by atoms with E-state index in [0.29, 0.717) is 23.8 Å². The molecule has 0 atom stereocenters. The highest BCUT2D eigenvalue weighted by Gasteiger charge is 2.19. The Morgan fingerprint density at radius 2 is 1.58 bits per heavy atom. The van der Waals surface area contributed by atoms with Crippen molar-refractivity contribution in [3.63, 3.8) is 0 Å². The molecule has 6 nitrogen and oxygen atoms in total. The number of hydrogen-bond acceptors (Lipinski definition) is 6. The highest BCUT2D eigenvalue weighted by Crippen LogP contribution is 2.22. The molecule has 0 radical (unpaired) electrons. The minimum absolute atomic E-state index is 0. The fraction of sp³-hybridized carbons (Fsp3) is 0.636.